The van der Waals surface area contributed by atoms with Crippen LogP contribution in [0.1, 0.15) is 0 Å². The minimum absolute atomic E-state index is 0.117. The third kappa shape index (κ3) is 2.51. The molecule has 2 rings (SSSR count). The van der Waals surface area contributed by atoms with E-state index in [1.54, 1.807) is 30.3 Å². The summed E-state index contributed by atoms with van der Waals surface area (Å²) >= 11 is 0. The molecule has 0 unspecified atom stereocenters. The number of benzene rings is 1. The van der Waals surface area contributed by atoms with E-state index in [-0.39, 0.29) is 11.0 Å². The van der Waals surface area contributed by atoms with Crippen molar-refractivity contribution in [1.29, 1.82) is 0 Å². The summed E-state index contributed by atoms with van der Waals surface area (Å²) in [6, 6.07) is 8.57. The van der Waals surface area contributed by atoms with E-state index in [1.165, 1.54) is 14.2 Å². The van der Waals surface area contributed by atoms with E-state index < -0.39 is 18.8 Å². The Morgan fingerprint density at radius 1 is 1.00 bits per heavy atom. The van der Waals surface area contributed by atoms with Crippen molar-refractivity contribution in [1.82, 2.24) is 9.97 Å². The second kappa shape index (κ2) is 5.58. The molecule has 1 aromatic carbocycles. The van der Waals surface area contributed by atoms with Crippen LogP contribution in [-0.2, 0) is 13.6 Å². The summed E-state index contributed by atoms with van der Waals surface area (Å²) in [5, 5.41) is -0.228. The molecule has 0 spiro atoms. The van der Waals surface area contributed by atoms with E-state index in [2.05, 4.69) is 4.98 Å². The molecule has 2 N–H and O–H groups in total. The zero-order valence-electron chi connectivity index (χ0n) is 10.9. The summed E-state index contributed by atoms with van der Waals surface area (Å²) in [6.45, 7) is 0. The van der Waals surface area contributed by atoms with Crippen LogP contribution in [0.2, 0.25) is 0 Å². The third-order valence-corrected chi connectivity index (χ3v) is 4.67. The molecule has 0 saturated heterocycles. The fourth-order valence-corrected chi connectivity index (χ4v) is 3.09. The van der Waals surface area contributed by atoms with Crippen LogP contribution in [-0.4, -0.2) is 24.2 Å². The van der Waals surface area contributed by atoms with Gasteiger partial charge in [-0.15, -0.1) is 0 Å². The zero-order chi connectivity index (χ0) is 14.8. The van der Waals surface area contributed by atoms with E-state index in [0.717, 1.165) is 0 Å². The highest BCUT2D eigenvalue weighted by Crippen LogP contribution is 2.45. The minimum Gasteiger partial charge on any atom is -0.308 e. The molecule has 2 aromatic rings. The van der Waals surface area contributed by atoms with Crippen molar-refractivity contribution in [2.75, 3.05) is 14.2 Å². The summed E-state index contributed by atoms with van der Waals surface area (Å²) in [5.41, 5.74) is -0.859. The molecular formula is C12H13N2O5P. The minimum atomic E-state index is -3.81. The first-order valence-electron chi connectivity index (χ1n) is 5.66. The monoisotopic (exact) mass is 296 g/mol. The normalized spacial score (nSPS) is 11.5. The van der Waals surface area contributed by atoms with Crippen LogP contribution in [0.15, 0.2) is 39.9 Å². The van der Waals surface area contributed by atoms with Crippen LogP contribution in [0.4, 0.5) is 0 Å². The van der Waals surface area contributed by atoms with Gasteiger partial charge in [-0.25, -0.2) is 4.79 Å². The molecule has 1 heterocycles. The highest BCUT2D eigenvalue weighted by molar-refractivity contribution is 7.62. The smallest absolute Gasteiger partial charge is 0.308 e. The number of aromatic nitrogens is 2. The van der Waals surface area contributed by atoms with Gasteiger partial charge in [-0.3, -0.25) is 14.3 Å². The van der Waals surface area contributed by atoms with Crippen LogP contribution >= 0.6 is 7.60 Å². The van der Waals surface area contributed by atoms with E-state index in [4.69, 9.17) is 9.05 Å². The predicted octanol–water partition coefficient (Wildman–Crippen LogP) is 0.841. The van der Waals surface area contributed by atoms with Gasteiger partial charge in [0, 0.05) is 14.2 Å². The highest BCUT2D eigenvalue weighted by Gasteiger charge is 2.32. The molecule has 1 aromatic heterocycles. The molecule has 0 amide bonds. The largest absolute Gasteiger partial charge is 0.368 e. The summed E-state index contributed by atoms with van der Waals surface area (Å²) in [4.78, 5) is 27.9. The predicted molar refractivity (Wildman–Crippen MR) is 74.4 cm³/mol. The summed E-state index contributed by atoms with van der Waals surface area (Å²) in [7, 11) is -1.47. The van der Waals surface area contributed by atoms with E-state index >= 15 is 0 Å². The first kappa shape index (κ1) is 14.5. The highest BCUT2D eigenvalue weighted by atomic mass is 31.2. The van der Waals surface area contributed by atoms with Gasteiger partial charge in [0.05, 0.1) is 5.69 Å². The van der Waals surface area contributed by atoms with Crippen LogP contribution in [0, 0.1) is 0 Å². The lowest BCUT2D eigenvalue weighted by Crippen LogP contribution is -2.37. The lowest BCUT2D eigenvalue weighted by molar-refractivity contribution is 0.287. The fraction of sp³-hybridized carbons (Fsp3) is 0.167. The Bertz CT molecular complexity index is 757. The average Bonchev–Trinajstić information content (AvgIpc) is 2.46. The number of H-pyrrole nitrogens is 2. The number of hydrogen-bond acceptors (Lipinski definition) is 5. The van der Waals surface area contributed by atoms with Crippen molar-refractivity contribution < 1.29 is 13.6 Å². The summed E-state index contributed by atoms with van der Waals surface area (Å²) < 4.78 is 22.2. The third-order valence-electron chi connectivity index (χ3n) is 2.73. The second-order valence-corrected chi connectivity index (χ2v) is 6.03. The average molecular weight is 296 g/mol. The molecule has 0 saturated carbocycles. The van der Waals surface area contributed by atoms with Crippen LogP contribution in [0.5, 0.6) is 0 Å². The van der Waals surface area contributed by atoms with Gasteiger partial charge >= 0.3 is 13.3 Å². The summed E-state index contributed by atoms with van der Waals surface area (Å²) in [6.07, 6.45) is 0. The second-order valence-electron chi connectivity index (χ2n) is 3.86. The van der Waals surface area contributed by atoms with Crippen molar-refractivity contribution in [2.24, 2.45) is 0 Å². The first-order chi connectivity index (χ1) is 9.51. The SMILES string of the molecule is COP(=O)(OC)c1c(-c2ccccc2)[nH]c(=O)[nH]c1=O. The van der Waals surface area contributed by atoms with Gasteiger partial charge in [-0.05, 0) is 5.56 Å². The maximum absolute atomic E-state index is 12.5. The van der Waals surface area contributed by atoms with Gasteiger partial charge < -0.3 is 14.0 Å². The Labute approximate surface area is 114 Å². The van der Waals surface area contributed by atoms with E-state index in [9.17, 15) is 14.2 Å². The van der Waals surface area contributed by atoms with Gasteiger partial charge in [0.2, 0.25) is 0 Å². The molecule has 8 heteroatoms. The molecule has 0 aliphatic rings. The number of hydrogen-bond donors (Lipinski definition) is 2. The zero-order valence-corrected chi connectivity index (χ0v) is 11.8. The Hall–Kier alpha value is -1.95. The Balaban J connectivity index is 2.85. The number of aromatic amines is 2. The Kier molecular flexibility index (Phi) is 4.04. The topological polar surface area (TPSA) is 101 Å². The first-order valence-corrected chi connectivity index (χ1v) is 7.20. The fourth-order valence-electron chi connectivity index (χ4n) is 1.81. The molecule has 0 radical (unpaired) electrons. The van der Waals surface area contributed by atoms with Crippen molar-refractivity contribution in [3.63, 3.8) is 0 Å². The van der Waals surface area contributed by atoms with Gasteiger partial charge in [-0.1, -0.05) is 30.3 Å². The molecule has 0 fully saturated rings. The molecule has 0 atom stereocenters. The van der Waals surface area contributed by atoms with Crippen molar-refractivity contribution in [2.45, 2.75) is 0 Å². The lowest BCUT2D eigenvalue weighted by Gasteiger charge is -2.15. The van der Waals surface area contributed by atoms with Gasteiger partial charge in [-0.2, -0.15) is 0 Å². The maximum atomic E-state index is 12.5. The van der Waals surface area contributed by atoms with E-state index in [0.29, 0.717) is 5.56 Å². The van der Waals surface area contributed by atoms with Gasteiger partial charge in [0.15, 0.2) is 5.30 Å². The maximum Gasteiger partial charge on any atom is 0.368 e. The standard InChI is InChI=1S/C12H13N2O5P/c1-18-20(17,19-2)10-9(8-6-4-3-5-7-8)13-12(16)14-11(10)15/h3-7H,1-2H3,(H2,13,14,15,16). The van der Waals surface area contributed by atoms with E-state index in [1.807, 2.05) is 4.98 Å². The van der Waals surface area contributed by atoms with Crippen molar-refractivity contribution >= 4 is 12.9 Å². The molecule has 106 valence electrons. The van der Waals surface area contributed by atoms with Crippen molar-refractivity contribution in [3.8, 4) is 11.3 Å². The van der Waals surface area contributed by atoms with Crippen LogP contribution < -0.4 is 16.6 Å². The Morgan fingerprint density at radius 2 is 1.60 bits per heavy atom. The summed E-state index contributed by atoms with van der Waals surface area (Å²) in [5.74, 6) is 0. The van der Waals surface area contributed by atoms with Crippen LogP contribution in [0.25, 0.3) is 11.3 Å². The molecule has 7 nitrogen and oxygen atoms in total. The molecule has 0 aliphatic heterocycles. The quantitative estimate of drug-likeness (QED) is 0.814. The molecule has 0 aliphatic carbocycles. The number of nitrogens with one attached hydrogen (secondary N) is 2. The number of rotatable bonds is 4. The van der Waals surface area contributed by atoms with Crippen LogP contribution in [0.3, 0.4) is 0 Å². The molecular weight excluding hydrogens is 283 g/mol. The lowest BCUT2D eigenvalue weighted by atomic mass is 10.1. The van der Waals surface area contributed by atoms with Gasteiger partial charge in [0.1, 0.15) is 0 Å². The van der Waals surface area contributed by atoms with Gasteiger partial charge in [0.25, 0.3) is 5.56 Å². The van der Waals surface area contributed by atoms with Crippen molar-refractivity contribution in [3.05, 3.63) is 51.2 Å². The molecule has 0 bridgehead atoms. The molecule has 20 heavy (non-hydrogen) atoms. The Morgan fingerprint density at radius 3 is 2.15 bits per heavy atom.